The molecule has 2 N–H and O–H groups in total. The highest BCUT2D eigenvalue weighted by atomic mass is 16.5. The number of hydrogen-bond donors (Lipinski definition) is 2. The van der Waals surface area contributed by atoms with Crippen LogP contribution in [0.1, 0.15) is 64.2 Å². The fourth-order valence-corrected chi connectivity index (χ4v) is 1.76. The molecule has 0 aliphatic rings. The summed E-state index contributed by atoms with van der Waals surface area (Å²) in [5.74, 6) is -0.118. The summed E-state index contributed by atoms with van der Waals surface area (Å²) in [7, 11) is 1.42. The molecule has 0 saturated heterocycles. The van der Waals surface area contributed by atoms with E-state index in [0.29, 0.717) is 12.8 Å². The highest BCUT2D eigenvalue weighted by Gasteiger charge is 1.99. The van der Waals surface area contributed by atoms with Crippen molar-refractivity contribution in [1.82, 2.24) is 0 Å². The number of aliphatic hydroxyl groups excluding tert-OH is 1. The number of carbonyl (C=O) groups excluding carboxylic acids is 1. The first-order valence-corrected chi connectivity index (χ1v) is 6.59. The first-order chi connectivity index (χ1) is 8.16. The summed E-state index contributed by atoms with van der Waals surface area (Å²) in [6, 6.07) is 0. The molecular weight excluding hydrogens is 220 g/mol. The Labute approximate surface area is 104 Å². The Bertz CT molecular complexity index is 180. The smallest absolute Gasteiger partial charge is 0.305 e. The Balaban J connectivity index is 3.01. The van der Waals surface area contributed by atoms with E-state index in [1.807, 2.05) is 0 Å². The maximum atomic E-state index is 10.8. The van der Waals surface area contributed by atoms with Crippen molar-refractivity contribution >= 4 is 5.97 Å². The Morgan fingerprint density at radius 3 is 1.88 bits per heavy atom. The van der Waals surface area contributed by atoms with Crippen molar-refractivity contribution in [3.63, 3.8) is 0 Å². The number of unbranched alkanes of at least 4 members (excludes halogenated alkanes) is 7. The number of ether oxygens (including phenoxy) is 1. The van der Waals surface area contributed by atoms with Gasteiger partial charge in [-0.2, -0.15) is 0 Å². The summed E-state index contributed by atoms with van der Waals surface area (Å²) in [5, 5.41) is 17.3. The molecule has 0 aromatic heterocycles. The number of esters is 1. The summed E-state index contributed by atoms with van der Waals surface area (Å²) in [6.45, 7) is 0. The second kappa shape index (κ2) is 11.9. The predicted octanol–water partition coefficient (Wildman–Crippen LogP) is 2.37. The van der Waals surface area contributed by atoms with Gasteiger partial charge in [-0.25, -0.2) is 0 Å². The van der Waals surface area contributed by atoms with Gasteiger partial charge in [0.2, 0.25) is 0 Å². The van der Waals surface area contributed by atoms with Gasteiger partial charge in [0.05, 0.1) is 7.11 Å². The zero-order chi connectivity index (χ0) is 12.9. The molecule has 0 aromatic carbocycles. The van der Waals surface area contributed by atoms with Gasteiger partial charge in [0, 0.05) is 6.42 Å². The SMILES string of the molecule is COC(=O)CCCCCCCCCCC(O)O. The number of methoxy groups -OCH3 is 1. The van der Waals surface area contributed by atoms with E-state index in [1.54, 1.807) is 0 Å². The van der Waals surface area contributed by atoms with E-state index in [0.717, 1.165) is 32.1 Å². The van der Waals surface area contributed by atoms with E-state index in [2.05, 4.69) is 4.74 Å². The zero-order valence-corrected chi connectivity index (χ0v) is 10.9. The number of hydrogen-bond acceptors (Lipinski definition) is 4. The molecule has 0 fully saturated rings. The lowest BCUT2D eigenvalue weighted by Crippen LogP contribution is -2.02. The van der Waals surface area contributed by atoms with Crippen molar-refractivity contribution in [2.45, 2.75) is 70.5 Å². The lowest BCUT2D eigenvalue weighted by molar-refractivity contribution is -0.140. The van der Waals surface area contributed by atoms with Crippen LogP contribution in [0.3, 0.4) is 0 Å². The summed E-state index contributed by atoms with van der Waals surface area (Å²) < 4.78 is 4.56. The Morgan fingerprint density at radius 1 is 0.941 bits per heavy atom. The minimum atomic E-state index is -1.15. The molecule has 0 radical (unpaired) electrons. The van der Waals surface area contributed by atoms with Crippen LogP contribution >= 0.6 is 0 Å². The maximum absolute atomic E-state index is 10.8. The lowest BCUT2D eigenvalue weighted by atomic mass is 10.1. The first-order valence-electron chi connectivity index (χ1n) is 6.59. The van der Waals surface area contributed by atoms with Crippen LogP contribution in [0.25, 0.3) is 0 Å². The average molecular weight is 246 g/mol. The molecule has 17 heavy (non-hydrogen) atoms. The van der Waals surface area contributed by atoms with Crippen LogP contribution in [0.5, 0.6) is 0 Å². The van der Waals surface area contributed by atoms with Crippen LogP contribution in [0, 0.1) is 0 Å². The van der Waals surface area contributed by atoms with Gasteiger partial charge in [0.15, 0.2) is 6.29 Å². The minimum absolute atomic E-state index is 0.118. The number of carbonyl (C=O) groups is 1. The van der Waals surface area contributed by atoms with E-state index in [4.69, 9.17) is 10.2 Å². The molecule has 0 rings (SSSR count). The van der Waals surface area contributed by atoms with Gasteiger partial charge in [-0.05, 0) is 19.3 Å². The second-order valence-electron chi connectivity index (χ2n) is 4.42. The van der Waals surface area contributed by atoms with E-state index in [9.17, 15) is 4.79 Å². The van der Waals surface area contributed by atoms with Crippen molar-refractivity contribution in [3.05, 3.63) is 0 Å². The monoisotopic (exact) mass is 246 g/mol. The normalized spacial score (nSPS) is 10.8. The van der Waals surface area contributed by atoms with Crippen molar-refractivity contribution in [2.24, 2.45) is 0 Å². The quantitative estimate of drug-likeness (QED) is 0.334. The highest BCUT2D eigenvalue weighted by molar-refractivity contribution is 5.68. The van der Waals surface area contributed by atoms with Gasteiger partial charge in [0.1, 0.15) is 0 Å². The number of rotatable bonds is 11. The van der Waals surface area contributed by atoms with E-state index in [1.165, 1.54) is 26.4 Å². The molecule has 0 saturated carbocycles. The van der Waals surface area contributed by atoms with Crippen molar-refractivity contribution in [3.8, 4) is 0 Å². The van der Waals surface area contributed by atoms with Crippen LogP contribution in [0.2, 0.25) is 0 Å². The van der Waals surface area contributed by atoms with Crippen LogP contribution in [0.4, 0.5) is 0 Å². The van der Waals surface area contributed by atoms with E-state index >= 15 is 0 Å². The zero-order valence-electron chi connectivity index (χ0n) is 10.9. The molecule has 0 amide bonds. The van der Waals surface area contributed by atoms with Crippen LogP contribution in [0.15, 0.2) is 0 Å². The third kappa shape index (κ3) is 13.3. The summed E-state index contributed by atoms with van der Waals surface area (Å²) in [6.07, 6.45) is 8.55. The maximum Gasteiger partial charge on any atom is 0.305 e. The molecule has 0 bridgehead atoms. The molecule has 4 nitrogen and oxygen atoms in total. The van der Waals surface area contributed by atoms with Crippen molar-refractivity contribution < 1.29 is 19.7 Å². The lowest BCUT2D eigenvalue weighted by Gasteiger charge is -2.03. The van der Waals surface area contributed by atoms with Gasteiger partial charge >= 0.3 is 5.97 Å². The molecule has 0 atom stereocenters. The molecule has 102 valence electrons. The van der Waals surface area contributed by atoms with Gasteiger partial charge in [-0.1, -0.05) is 38.5 Å². The van der Waals surface area contributed by atoms with Gasteiger partial charge in [0.25, 0.3) is 0 Å². The van der Waals surface area contributed by atoms with Crippen LogP contribution in [-0.4, -0.2) is 29.6 Å². The average Bonchev–Trinajstić information content (AvgIpc) is 2.30. The predicted molar refractivity (Wildman–Crippen MR) is 66.4 cm³/mol. The number of aliphatic hydroxyl groups is 2. The van der Waals surface area contributed by atoms with E-state index in [-0.39, 0.29) is 5.97 Å². The second-order valence-corrected chi connectivity index (χ2v) is 4.42. The van der Waals surface area contributed by atoms with Gasteiger partial charge < -0.3 is 14.9 Å². The molecule has 0 aliphatic carbocycles. The molecule has 0 aromatic rings. The fraction of sp³-hybridized carbons (Fsp3) is 0.923. The topological polar surface area (TPSA) is 66.8 Å². The molecular formula is C13H26O4. The minimum Gasteiger partial charge on any atom is -0.469 e. The third-order valence-corrected chi connectivity index (χ3v) is 2.82. The molecule has 4 heteroatoms. The van der Waals surface area contributed by atoms with Gasteiger partial charge in [-0.3, -0.25) is 4.79 Å². The third-order valence-electron chi connectivity index (χ3n) is 2.82. The summed E-state index contributed by atoms with van der Waals surface area (Å²) >= 11 is 0. The highest BCUT2D eigenvalue weighted by Crippen LogP contribution is 2.11. The molecule has 0 aliphatic heterocycles. The van der Waals surface area contributed by atoms with Crippen LogP contribution in [-0.2, 0) is 9.53 Å². The summed E-state index contributed by atoms with van der Waals surface area (Å²) in [4.78, 5) is 10.8. The van der Waals surface area contributed by atoms with Crippen LogP contribution < -0.4 is 0 Å². The first kappa shape index (κ1) is 16.4. The summed E-state index contributed by atoms with van der Waals surface area (Å²) in [5.41, 5.74) is 0. The Hall–Kier alpha value is -0.610. The Morgan fingerprint density at radius 2 is 1.41 bits per heavy atom. The fourth-order valence-electron chi connectivity index (χ4n) is 1.76. The van der Waals surface area contributed by atoms with E-state index < -0.39 is 6.29 Å². The molecule has 0 unspecified atom stereocenters. The van der Waals surface area contributed by atoms with Gasteiger partial charge in [-0.15, -0.1) is 0 Å². The molecule has 0 heterocycles. The van der Waals surface area contributed by atoms with Crippen molar-refractivity contribution in [1.29, 1.82) is 0 Å². The van der Waals surface area contributed by atoms with Crippen molar-refractivity contribution in [2.75, 3.05) is 7.11 Å². The Kier molecular flexibility index (Phi) is 11.4. The molecule has 0 spiro atoms. The largest absolute Gasteiger partial charge is 0.469 e. The standard InChI is InChI=1S/C13H26O4/c1-17-13(16)11-9-7-5-3-2-4-6-8-10-12(14)15/h12,14-15H,2-11H2,1H3.